The van der Waals surface area contributed by atoms with Gasteiger partial charge in [0.15, 0.2) is 0 Å². The number of unbranched alkanes of at least 4 members (excludes halogenated alkanes) is 1. The summed E-state index contributed by atoms with van der Waals surface area (Å²) >= 11 is 0. The minimum absolute atomic E-state index is 0.172. The van der Waals surface area contributed by atoms with Crippen molar-refractivity contribution in [1.82, 2.24) is 4.90 Å². The average Bonchev–Trinajstić information content (AvgIpc) is 2.61. The number of carbonyl (C=O) groups excluding carboxylic acids is 2. The van der Waals surface area contributed by atoms with Gasteiger partial charge in [0.2, 0.25) is 0 Å². The van der Waals surface area contributed by atoms with Crippen LogP contribution in [0.1, 0.15) is 59.3 Å². The topological polar surface area (TPSA) is 93.1 Å². The van der Waals surface area contributed by atoms with Gasteiger partial charge >= 0.3 is 17.9 Å². The highest BCUT2D eigenvalue weighted by Crippen LogP contribution is 2.26. The summed E-state index contributed by atoms with van der Waals surface area (Å²) in [5, 5.41) is 9.35. The van der Waals surface area contributed by atoms with E-state index in [0.29, 0.717) is 26.0 Å². The van der Waals surface area contributed by atoms with E-state index in [-0.39, 0.29) is 25.4 Å². The molecule has 0 heterocycles. The first kappa shape index (κ1) is 25.4. The van der Waals surface area contributed by atoms with Crippen LogP contribution >= 0.6 is 0 Å². The molecule has 0 saturated carbocycles. The van der Waals surface area contributed by atoms with Crippen molar-refractivity contribution in [3.63, 3.8) is 0 Å². The van der Waals surface area contributed by atoms with Gasteiger partial charge in [0.1, 0.15) is 6.61 Å². The number of aliphatic carboxylic acids is 1. The maximum Gasteiger partial charge on any atom is 0.309 e. The number of ether oxygens (including phenoxy) is 2. The summed E-state index contributed by atoms with van der Waals surface area (Å²) in [4.78, 5) is 38.2. The van der Waals surface area contributed by atoms with Crippen LogP contribution in [0.4, 0.5) is 0 Å². The van der Waals surface area contributed by atoms with Gasteiger partial charge in [-0.25, -0.2) is 0 Å². The highest BCUT2D eigenvalue weighted by Gasteiger charge is 2.32. The molecule has 0 aliphatic heterocycles. The number of nitrogens with zero attached hydrogens (tertiary/aromatic N) is 1. The number of carboxylic acids is 1. The SMILES string of the molecule is CCCCOC(=O)C(CC)CC(CC(CC)C(=O)O)C(=O)OCCN(C)C. The number of hydrogen-bond donors (Lipinski definition) is 1. The lowest BCUT2D eigenvalue weighted by Gasteiger charge is -2.23. The zero-order valence-corrected chi connectivity index (χ0v) is 17.5. The van der Waals surface area contributed by atoms with Gasteiger partial charge in [-0.3, -0.25) is 14.4 Å². The van der Waals surface area contributed by atoms with Gasteiger partial charge in [0.05, 0.1) is 24.4 Å². The molecular weight excluding hydrogens is 350 g/mol. The van der Waals surface area contributed by atoms with Crippen molar-refractivity contribution in [1.29, 1.82) is 0 Å². The first-order valence-corrected chi connectivity index (χ1v) is 9.97. The Bertz CT molecular complexity index is 452. The van der Waals surface area contributed by atoms with E-state index in [2.05, 4.69) is 0 Å². The molecule has 3 atom stereocenters. The summed E-state index contributed by atoms with van der Waals surface area (Å²) in [6.45, 7) is 6.87. The van der Waals surface area contributed by atoms with Gasteiger partial charge in [-0.1, -0.05) is 27.2 Å². The molecule has 0 bridgehead atoms. The second kappa shape index (κ2) is 14.4. The van der Waals surface area contributed by atoms with E-state index in [1.54, 1.807) is 6.92 Å². The molecule has 0 spiro atoms. The molecule has 0 radical (unpaired) electrons. The summed E-state index contributed by atoms with van der Waals surface area (Å²) in [6.07, 6.45) is 3.12. The molecule has 0 aromatic heterocycles. The molecule has 0 aliphatic rings. The van der Waals surface area contributed by atoms with Crippen molar-refractivity contribution in [2.45, 2.75) is 59.3 Å². The van der Waals surface area contributed by atoms with Gasteiger partial charge in [0.25, 0.3) is 0 Å². The number of esters is 2. The maximum atomic E-state index is 12.5. The summed E-state index contributed by atoms with van der Waals surface area (Å²) in [5.74, 6) is -3.37. The molecule has 7 heteroatoms. The van der Waals surface area contributed by atoms with Gasteiger partial charge in [-0.05, 0) is 46.2 Å². The van der Waals surface area contributed by atoms with E-state index in [9.17, 15) is 19.5 Å². The van der Waals surface area contributed by atoms with E-state index in [0.717, 1.165) is 12.8 Å². The molecule has 0 fully saturated rings. The number of carboxylic acid groups (broad SMARTS) is 1. The Hall–Kier alpha value is -1.63. The molecule has 7 nitrogen and oxygen atoms in total. The zero-order valence-electron chi connectivity index (χ0n) is 17.5. The third-order valence-corrected chi connectivity index (χ3v) is 4.66. The highest BCUT2D eigenvalue weighted by molar-refractivity contribution is 5.77. The fourth-order valence-corrected chi connectivity index (χ4v) is 2.73. The smallest absolute Gasteiger partial charge is 0.309 e. The zero-order chi connectivity index (χ0) is 20.8. The third-order valence-electron chi connectivity index (χ3n) is 4.66. The molecule has 1 N–H and O–H groups in total. The van der Waals surface area contributed by atoms with Crippen LogP contribution < -0.4 is 0 Å². The van der Waals surface area contributed by atoms with E-state index < -0.39 is 29.7 Å². The molecule has 0 amide bonds. The molecule has 27 heavy (non-hydrogen) atoms. The Balaban J connectivity index is 5.04. The van der Waals surface area contributed by atoms with Crippen molar-refractivity contribution in [3.05, 3.63) is 0 Å². The molecule has 0 aromatic carbocycles. The molecule has 0 rings (SSSR count). The summed E-state index contributed by atoms with van der Waals surface area (Å²) < 4.78 is 10.6. The van der Waals surface area contributed by atoms with Crippen LogP contribution in [-0.2, 0) is 23.9 Å². The summed E-state index contributed by atoms with van der Waals surface area (Å²) in [5.41, 5.74) is 0. The van der Waals surface area contributed by atoms with Crippen LogP contribution in [0.5, 0.6) is 0 Å². The second-order valence-electron chi connectivity index (χ2n) is 7.21. The lowest BCUT2D eigenvalue weighted by molar-refractivity contribution is -0.154. The highest BCUT2D eigenvalue weighted by atomic mass is 16.5. The number of carbonyl (C=O) groups is 3. The Kier molecular flexibility index (Phi) is 13.6. The Morgan fingerprint density at radius 1 is 0.852 bits per heavy atom. The average molecular weight is 388 g/mol. The molecule has 3 unspecified atom stereocenters. The number of hydrogen-bond acceptors (Lipinski definition) is 6. The monoisotopic (exact) mass is 387 g/mol. The largest absolute Gasteiger partial charge is 0.481 e. The van der Waals surface area contributed by atoms with Crippen LogP contribution in [0.25, 0.3) is 0 Å². The fraction of sp³-hybridized carbons (Fsp3) is 0.850. The standard InChI is InChI=1S/C20H37NO6/c1-6-9-11-26-19(24)16(8-3)14-17(13-15(7-2)18(22)23)20(25)27-12-10-21(4)5/h15-17H,6-14H2,1-5H3,(H,22,23). The first-order chi connectivity index (χ1) is 12.8. The number of likely N-dealkylation sites (N-methyl/N-ethyl adjacent to an activating group) is 1. The van der Waals surface area contributed by atoms with Crippen LogP contribution in [0.15, 0.2) is 0 Å². The second-order valence-corrected chi connectivity index (χ2v) is 7.21. The quantitative estimate of drug-likeness (QED) is 0.341. The van der Waals surface area contributed by atoms with Gasteiger partial charge in [-0.2, -0.15) is 0 Å². The van der Waals surface area contributed by atoms with Crippen molar-refractivity contribution in [2.75, 3.05) is 33.9 Å². The molecule has 0 aliphatic carbocycles. The normalized spacial score (nSPS) is 14.4. The molecule has 0 saturated heterocycles. The van der Waals surface area contributed by atoms with Crippen molar-refractivity contribution >= 4 is 17.9 Å². The van der Waals surface area contributed by atoms with Crippen molar-refractivity contribution in [2.24, 2.45) is 17.8 Å². The summed E-state index contributed by atoms with van der Waals surface area (Å²) in [7, 11) is 3.75. The van der Waals surface area contributed by atoms with Crippen LogP contribution in [0, 0.1) is 17.8 Å². The van der Waals surface area contributed by atoms with Gasteiger partial charge in [-0.15, -0.1) is 0 Å². The fourth-order valence-electron chi connectivity index (χ4n) is 2.73. The van der Waals surface area contributed by atoms with Crippen LogP contribution in [-0.4, -0.2) is 61.8 Å². The Morgan fingerprint density at radius 3 is 1.85 bits per heavy atom. The van der Waals surface area contributed by atoms with E-state index in [4.69, 9.17) is 9.47 Å². The molecular formula is C20H37NO6. The van der Waals surface area contributed by atoms with Crippen LogP contribution in [0.3, 0.4) is 0 Å². The lowest BCUT2D eigenvalue weighted by atomic mass is 9.85. The van der Waals surface area contributed by atoms with Crippen LogP contribution in [0.2, 0.25) is 0 Å². The Morgan fingerprint density at radius 2 is 1.37 bits per heavy atom. The predicted octanol–water partition coefficient (Wildman–Crippen LogP) is 2.97. The van der Waals surface area contributed by atoms with E-state index in [1.807, 2.05) is 32.8 Å². The molecule has 158 valence electrons. The third kappa shape index (κ3) is 11.0. The first-order valence-electron chi connectivity index (χ1n) is 9.97. The minimum atomic E-state index is -0.929. The van der Waals surface area contributed by atoms with E-state index >= 15 is 0 Å². The maximum absolute atomic E-state index is 12.5. The lowest BCUT2D eigenvalue weighted by Crippen LogP contribution is -2.30. The van der Waals surface area contributed by atoms with Crippen molar-refractivity contribution in [3.8, 4) is 0 Å². The number of rotatable bonds is 15. The van der Waals surface area contributed by atoms with Gasteiger partial charge < -0.3 is 19.5 Å². The molecule has 0 aromatic rings. The summed E-state index contributed by atoms with van der Waals surface area (Å²) in [6, 6.07) is 0. The predicted molar refractivity (Wildman–Crippen MR) is 103 cm³/mol. The van der Waals surface area contributed by atoms with Crippen molar-refractivity contribution < 1.29 is 29.0 Å². The Labute approximate surface area is 163 Å². The minimum Gasteiger partial charge on any atom is -0.481 e. The van der Waals surface area contributed by atoms with E-state index in [1.165, 1.54) is 0 Å². The van der Waals surface area contributed by atoms with Gasteiger partial charge in [0, 0.05) is 6.54 Å².